The van der Waals surface area contributed by atoms with Crippen LogP contribution in [0.25, 0.3) is 0 Å². The maximum Gasteiger partial charge on any atom is 0.305 e. The van der Waals surface area contributed by atoms with Crippen LogP contribution < -0.4 is 0 Å². The minimum Gasteiger partial charge on any atom is -0.464 e. The molecule has 0 spiro atoms. The molecule has 0 radical (unpaired) electrons. The van der Waals surface area contributed by atoms with Gasteiger partial charge in [0, 0.05) is 25.6 Å². The lowest BCUT2D eigenvalue weighted by Crippen LogP contribution is -2.44. The van der Waals surface area contributed by atoms with Crippen molar-refractivity contribution in [2.45, 2.75) is 26.3 Å². The molecular weight excluding hydrogens is 182 g/mol. The molecule has 0 saturated carbocycles. The SMILES string of the molecule is CCC(=O)OCC(C)N1CCOCC1. The summed E-state index contributed by atoms with van der Waals surface area (Å²) in [5.41, 5.74) is 0. The van der Waals surface area contributed by atoms with E-state index in [0.29, 0.717) is 19.1 Å². The lowest BCUT2D eigenvalue weighted by Gasteiger charge is -2.31. The number of carbonyl (C=O) groups is 1. The second kappa shape index (κ2) is 5.98. The summed E-state index contributed by atoms with van der Waals surface area (Å²) in [5, 5.41) is 0. The fourth-order valence-corrected chi connectivity index (χ4v) is 1.44. The molecule has 4 nitrogen and oxygen atoms in total. The molecule has 82 valence electrons. The van der Waals surface area contributed by atoms with E-state index in [9.17, 15) is 4.79 Å². The number of hydrogen-bond acceptors (Lipinski definition) is 4. The summed E-state index contributed by atoms with van der Waals surface area (Å²) in [6.45, 7) is 7.82. The van der Waals surface area contributed by atoms with Gasteiger partial charge in [0.1, 0.15) is 6.61 Å². The normalized spacial score (nSPS) is 20.4. The first-order valence-electron chi connectivity index (χ1n) is 5.21. The fourth-order valence-electron chi connectivity index (χ4n) is 1.44. The smallest absolute Gasteiger partial charge is 0.305 e. The van der Waals surface area contributed by atoms with Crippen LogP contribution >= 0.6 is 0 Å². The Hall–Kier alpha value is -0.610. The summed E-state index contributed by atoms with van der Waals surface area (Å²) in [7, 11) is 0. The van der Waals surface area contributed by atoms with Gasteiger partial charge in [-0.1, -0.05) is 6.92 Å². The minimum absolute atomic E-state index is 0.120. The van der Waals surface area contributed by atoms with Crippen molar-refractivity contribution in [1.29, 1.82) is 0 Å². The number of morpholine rings is 1. The predicted octanol–water partition coefficient (Wildman–Crippen LogP) is 0.660. The highest BCUT2D eigenvalue weighted by molar-refractivity contribution is 5.68. The number of nitrogens with zero attached hydrogens (tertiary/aromatic N) is 1. The average molecular weight is 201 g/mol. The summed E-state index contributed by atoms with van der Waals surface area (Å²) < 4.78 is 10.3. The molecule has 1 atom stereocenters. The van der Waals surface area contributed by atoms with Crippen LogP contribution in [0.15, 0.2) is 0 Å². The Bertz CT molecular complexity index is 178. The van der Waals surface area contributed by atoms with E-state index in [1.54, 1.807) is 0 Å². The Morgan fingerprint density at radius 3 is 2.71 bits per heavy atom. The fraction of sp³-hybridized carbons (Fsp3) is 0.900. The van der Waals surface area contributed by atoms with E-state index in [1.165, 1.54) is 0 Å². The summed E-state index contributed by atoms with van der Waals surface area (Å²) >= 11 is 0. The van der Waals surface area contributed by atoms with Crippen molar-refractivity contribution in [3.63, 3.8) is 0 Å². The van der Waals surface area contributed by atoms with E-state index in [-0.39, 0.29) is 5.97 Å². The van der Waals surface area contributed by atoms with Crippen LogP contribution in [-0.4, -0.2) is 49.8 Å². The zero-order chi connectivity index (χ0) is 10.4. The molecule has 14 heavy (non-hydrogen) atoms. The Kier molecular flexibility index (Phi) is 4.90. The Morgan fingerprint density at radius 2 is 2.14 bits per heavy atom. The number of rotatable bonds is 4. The van der Waals surface area contributed by atoms with Crippen molar-refractivity contribution in [1.82, 2.24) is 4.90 Å². The predicted molar refractivity (Wildman–Crippen MR) is 53.1 cm³/mol. The maximum atomic E-state index is 10.9. The summed E-state index contributed by atoms with van der Waals surface area (Å²) in [5.74, 6) is -0.120. The number of ether oxygens (including phenoxy) is 2. The Labute approximate surface area is 85.2 Å². The van der Waals surface area contributed by atoms with E-state index in [0.717, 1.165) is 26.3 Å². The largest absolute Gasteiger partial charge is 0.464 e. The molecule has 0 amide bonds. The van der Waals surface area contributed by atoms with Crippen molar-refractivity contribution >= 4 is 5.97 Å². The molecule has 1 aliphatic rings. The van der Waals surface area contributed by atoms with Gasteiger partial charge in [-0.3, -0.25) is 9.69 Å². The van der Waals surface area contributed by atoms with Crippen LogP contribution in [0.5, 0.6) is 0 Å². The number of esters is 1. The third-order valence-electron chi connectivity index (χ3n) is 2.44. The zero-order valence-electron chi connectivity index (χ0n) is 8.99. The lowest BCUT2D eigenvalue weighted by atomic mass is 10.3. The van der Waals surface area contributed by atoms with Gasteiger partial charge in [-0.05, 0) is 6.92 Å². The topological polar surface area (TPSA) is 38.8 Å². The molecule has 1 rings (SSSR count). The van der Waals surface area contributed by atoms with Gasteiger partial charge in [-0.25, -0.2) is 0 Å². The van der Waals surface area contributed by atoms with Crippen LogP contribution in [-0.2, 0) is 14.3 Å². The Morgan fingerprint density at radius 1 is 1.50 bits per heavy atom. The van der Waals surface area contributed by atoms with Crippen LogP contribution in [0.3, 0.4) is 0 Å². The first-order chi connectivity index (χ1) is 6.74. The molecule has 1 unspecified atom stereocenters. The van der Waals surface area contributed by atoms with Gasteiger partial charge in [0.25, 0.3) is 0 Å². The lowest BCUT2D eigenvalue weighted by molar-refractivity contribution is -0.145. The maximum absolute atomic E-state index is 10.9. The minimum atomic E-state index is -0.120. The van der Waals surface area contributed by atoms with Crippen molar-refractivity contribution in [2.24, 2.45) is 0 Å². The molecule has 1 heterocycles. The molecule has 0 aromatic heterocycles. The van der Waals surface area contributed by atoms with E-state index < -0.39 is 0 Å². The third kappa shape index (κ3) is 3.64. The highest BCUT2D eigenvalue weighted by atomic mass is 16.5. The standard InChI is InChI=1S/C10H19NO3/c1-3-10(12)14-8-9(2)11-4-6-13-7-5-11/h9H,3-8H2,1-2H3. The van der Waals surface area contributed by atoms with Crippen molar-refractivity contribution in [3.05, 3.63) is 0 Å². The van der Waals surface area contributed by atoms with E-state index in [1.807, 2.05) is 6.92 Å². The van der Waals surface area contributed by atoms with Crippen LogP contribution in [0.2, 0.25) is 0 Å². The second-order valence-electron chi connectivity index (χ2n) is 3.53. The van der Waals surface area contributed by atoms with Gasteiger partial charge in [0.15, 0.2) is 0 Å². The third-order valence-corrected chi connectivity index (χ3v) is 2.44. The molecule has 4 heteroatoms. The zero-order valence-corrected chi connectivity index (χ0v) is 8.99. The summed E-state index contributed by atoms with van der Waals surface area (Å²) in [6.07, 6.45) is 0.454. The molecule has 1 aliphatic heterocycles. The number of hydrogen-bond donors (Lipinski definition) is 0. The second-order valence-corrected chi connectivity index (χ2v) is 3.53. The monoisotopic (exact) mass is 201 g/mol. The molecule has 1 saturated heterocycles. The van der Waals surface area contributed by atoms with Crippen LogP contribution in [0, 0.1) is 0 Å². The number of carbonyl (C=O) groups excluding carboxylic acids is 1. The average Bonchev–Trinajstić information content (AvgIpc) is 2.26. The van der Waals surface area contributed by atoms with E-state index >= 15 is 0 Å². The van der Waals surface area contributed by atoms with Crippen LogP contribution in [0.1, 0.15) is 20.3 Å². The summed E-state index contributed by atoms with van der Waals surface area (Å²) in [6, 6.07) is 0.300. The molecule has 0 N–H and O–H groups in total. The molecule has 0 aromatic rings. The molecule has 1 fully saturated rings. The van der Waals surface area contributed by atoms with Crippen molar-refractivity contribution < 1.29 is 14.3 Å². The molecule has 0 bridgehead atoms. The van der Waals surface area contributed by atoms with Gasteiger partial charge in [0.05, 0.1) is 13.2 Å². The van der Waals surface area contributed by atoms with E-state index in [4.69, 9.17) is 9.47 Å². The molecule has 0 aromatic carbocycles. The van der Waals surface area contributed by atoms with E-state index in [2.05, 4.69) is 11.8 Å². The first-order valence-corrected chi connectivity index (χ1v) is 5.21. The summed E-state index contributed by atoms with van der Waals surface area (Å²) in [4.78, 5) is 13.2. The van der Waals surface area contributed by atoms with Gasteiger partial charge in [0.2, 0.25) is 0 Å². The van der Waals surface area contributed by atoms with Crippen molar-refractivity contribution in [2.75, 3.05) is 32.9 Å². The van der Waals surface area contributed by atoms with Gasteiger partial charge in [-0.15, -0.1) is 0 Å². The quantitative estimate of drug-likeness (QED) is 0.626. The molecule has 0 aliphatic carbocycles. The van der Waals surface area contributed by atoms with Gasteiger partial charge >= 0.3 is 5.97 Å². The van der Waals surface area contributed by atoms with Crippen molar-refractivity contribution in [3.8, 4) is 0 Å². The van der Waals surface area contributed by atoms with Crippen LogP contribution in [0.4, 0.5) is 0 Å². The van der Waals surface area contributed by atoms with Gasteiger partial charge < -0.3 is 9.47 Å². The highest BCUT2D eigenvalue weighted by Crippen LogP contribution is 2.04. The highest BCUT2D eigenvalue weighted by Gasteiger charge is 2.17. The Balaban J connectivity index is 2.19. The molecular formula is C10H19NO3. The van der Waals surface area contributed by atoms with Gasteiger partial charge in [-0.2, -0.15) is 0 Å². The first kappa shape index (κ1) is 11.5.